The number of hydrogen-bond donors (Lipinski definition) is 4. The van der Waals surface area contributed by atoms with Crippen molar-refractivity contribution in [1.29, 1.82) is 0 Å². The van der Waals surface area contributed by atoms with Gasteiger partial charge in [0.25, 0.3) is 0 Å². The highest BCUT2D eigenvalue weighted by atomic mass is 35.5. The van der Waals surface area contributed by atoms with Crippen molar-refractivity contribution in [1.82, 2.24) is 0 Å². The van der Waals surface area contributed by atoms with Crippen LogP contribution in [0.15, 0.2) is 114 Å². The maximum Gasteiger partial charge on any atom is 0.349 e. The molecule has 10 nitrogen and oxygen atoms in total. The zero-order valence-corrected chi connectivity index (χ0v) is 26.5. The smallest absolute Gasteiger partial charge is 0.349 e. The fraction of sp³-hybridized carbons (Fsp3) is 0.0857. The van der Waals surface area contributed by atoms with Crippen molar-refractivity contribution in [2.45, 2.75) is 20.3 Å². The van der Waals surface area contributed by atoms with E-state index in [-0.39, 0.29) is 45.2 Å². The Labute approximate surface area is 277 Å². The number of nitrogens with zero attached hydrogens (tertiary/aromatic N) is 2. The second-order valence-corrected chi connectivity index (χ2v) is 11.6. The molecule has 0 bridgehead atoms. The molecule has 0 amide bonds. The maximum absolute atomic E-state index is 12.8. The molecule has 0 spiro atoms. The minimum absolute atomic E-state index is 0.0723. The number of anilines is 2. The summed E-state index contributed by atoms with van der Waals surface area (Å²) in [7, 11) is 0. The minimum Gasteiger partial charge on any atom is -0.506 e. The van der Waals surface area contributed by atoms with Crippen LogP contribution in [0.2, 0.25) is 10.0 Å². The summed E-state index contributed by atoms with van der Waals surface area (Å²) in [5.41, 5.74) is 7.80. The summed E-state index contributed by atoms with van der Waals surface area (Å²) >= 11 is 11.9. The predicted molar refractivity (Wildman–Crippen MR) is 186 cm³/mol. The lowest BCUT2D eigenvalue weighted by molar-refractivity contribution is 0.465. The third-order valence-electron chi connectivity index (χ3n) is 7.41. The van der Waals surface area contributed by atoms with Gasteiger partial charge in [0.1, 0.15) is 33.8 Å². The van der Waals surface area contributed by atoms with E-state index in [0.717, 1.165) is 11.1 Å². The average molecular weight is 670 g/mol. The summed E-state index contributed by atoms with van der Waals surface area (Å²) in [6.07, 6.45) is 0.379. The van der Waals surface area contributed by atoms with E-state index in [1.807, 2.05) is 0 Å². The van der Waals surface area contributed by atoms with Crippen molar-refractivity contribution < 1.29 is 19.0 Å². The highest BCUT2D eigenvalue weighted by molar-refractivity contribution is 6.30. The van der Waals surface area contributed by atoms with Crippen LogP contribution >= 0.6 is 23.2 Å². The van der Waals surface area contributed by atoms with Gasteiger partial charge in [-0.15, -0.1) is 0 Å². The first-order valence-electron chi connectivity index (χ1n) is 14.3. The zero-order valence-electron chi connectivity index (χ0n) is 25.0. The molecule has 12 heteroatoms. The van der Waals surface area contributed by atoms with Crippen LogP contribution in [0.25, 0.3) is 21.9 Å². The van der Waals surface area contributed by atoms with Crippen molar-refractivity contribution in [3.05, 3.63) is 138 Å². The van der Waals surface area contributed by atoms with E-state index in [1.54, 1.807) is 98.8 Å². The standard InChI is InChI=1S/C35H26Cl2N4O6/c1-18(38-40-24-9-5-22(36)6-10-24)30-32(42)26-16-20(3-13-28(26)46-34(30)44)15-21-4-14-29-27(17-21)33(43)31(35(45)47-29)19(2)39-41-25-11-7-23(37)8-12-25/h3-14,16-17,40-43H,15H2,1-2H3/b38-18+,39-19+. The van der Waals surface area contributed by atoms with Crippen LogP contribution < -0.4 is 22.1 Å². The first-order valence-corrected chi connectivity index (χ1v) is 15.0. The van der Waals surface area contributed by atoms with E-state index in [4.69, 9.17) is 32.0 Å². The fourth-order valence-electron chi connectivity index (χ4n) is 5.02. The molecule has 0 aliphatic carbocycles. The molecule has 0 unspecified atom stereocenters. The molecule has 0 fully saturated rings. The van der Waals surface area contributed by atoms with Gasteiger partial charge < -0.3 is 19.0 Å². The van der Waals surface area contributed by atoms with Gasteiger partial charge in [0.2, 0.25) is 0 Å². The molecule has 0 saturated heterocycles. The van der Waals surface area contributed by atoms with E-state index in [0.29, 0.717) is 38.6 Å². The number of hydrogen-bond acceptors (Lipinski definition) is 10. The quantitative estimate of drug-likeness (QED) is 0.0727. The van der Waals surface area contributed by atoms with Gasteiger partial charge in [-0.2, -0.15) is 10.2 Å². The van der Waals surface area contributed by atoms with Crippen LogP contribution in [0, 0.1) is 0 Å². The number of benzene rings is 4. The molecular weight excluding hydrogens is 643 g/mol. The Balaban J connectivity index is 1.30. The lowest BCUT2D eigenvalue weighted by atomic mass is 9.99. The molecule has 6 rings (SSSR count). The van der Waals surface area contributed by atoms with Gasteiger partial charge in [-0.25, -0.2) is 9.59 Å². The van der Waals surface area contributed by atoms with Crippen LogP contribution in [0.3, 0.4) is 0 Å². The van der Waals surface area contributed by atoms with E-state index in [1.165, 1.54) is 0 Å². The summed E-state index contributed by atoms with van der Waals surface area (Å²) in [5, 5.41) is 32.6. The van der Waals surface area contributed by atoms with Gasteiger partial charge in [-0.1, -0.05) is 35.3 Å². The molecule has 0 radical (unpaired) electrons. The second-order valence-electron chi connectivity index (χ2n) is 10.7. The van der Waals surface area contributed by atoms with Crippen LogP contribution in [0.1, 0.15) is 36.1 Å². The van der Waals surface area contributed by atoms with Crippen LogP contribution in [-0.2, 0) is 6.42 Å². The first kappa shape index (κ1) is 31.4. The third kappa shape index (κ3) is 6.69. The molecular formula is C35H26Cl2N4O6. The highest BCUT2D eigenvalue weighted by Gasteiger charge is 2.19. The number of nitrogens with one attached hydrogen (secondary N) is 2. The lowest BCUT2D eigenvalue weighted by Gasteiger charge is -2.10. The molecule has 6 aromatic rings. The zero-order chi connectivity index (χ0) is 33.2. The first-order chi connectivity index (χ1) is 22.6. The third-order valence-corrected chi connectivity index (χ3v) is 7.92. The van der Waals surface area contributed by atoms with Gasteiger partial charge in [-0.3, -0.25) is 10.9 Å². The lowest BCUT2D eigenvalue weighted by Crippen LogP contribution is -2.14. The summed E-state index contributed by atoms with van der Waals surface area (Å²) < 4.78 is 11.0. The van der Waals surface area contributed by atoms with E-state index in [9.17, 15) is 19.8 Å². The normalized spacial score (nSPS) is 12.1. The Kier molecular flexibility index (Phi) is 8.71. The summed E-state index contributed by atoms with van der Waals surface area (Å²) in [5.74, 6) is -0.524. The Morgan fingerprint density at radius 1 is 0.638 bits per heavy atom. The molecule has 0 saturated carbocycles. The Morgan fingerprint density at radius 3 is 1.40 bits per heavy atom. The molecule has 236 valence electrons. The van der Waals surface area contributed by atoms with Crippen molar-refractivity contribution in [2.24, 2.45) is 10.2 Å². The van der Waals surface area contributed by atoms with Gasteiger partial charge in [-0.05, 0) is 104 Å². The highest BCUT2D eigenvalue weighted by Crippen LogP contribution is 2.31. The van der Waals surface area contributed by atoms with Crippen LogP contribution in [0.5, 0.6) is 11.5 Å². The van der Waals surface area contributed by atoms with E-state index in [2.05, 4.69) is 21.1 Å². The summed E-state index contributed by atoms with van der Waals surface area (Å²) in [6, 6.07) is 23.9. The Morgan fingerprint density at radius 2 is 1.02 bits per heavy atom. The monoisotopic (exact) mass is 668 g/mol. The predicted octanol–water partition coefficient (Wildman–Crippen LogP) is 7.88. The molecule has 47 heavy (non-hydrogen) atoms. The fourth-order valence-corrected chi connectivity index (χ4v) is 5.27. The van der Waals surface area contributed by atoms with Gasteiger partial charge in [0.15, 0.2) is 0 Å². The molecule has 4 aromatic carbocycles. The number of halogens is 2. The van der Waals surface area contributed by atoms with Crippen molar-refractivity contribution in [3.63, 3.8) is 0 Å². The molecule has 4 N–H and O–H groups in total. The topological polar surface area (TPSA) is 150 Å². The van der Waals surface area contributed by atoms with Crippen LogP contribution in [0.4, 0.5) is 11.4 Å². The molecule has 0 aliphatic rings. The van der Waals surface area contributed by atoms with Crippen molar-refractivity contribution in [2.75, 3.05) is 10.9 Å². The van der Waals surface area contributed by atoms with Crippen molar-refractivity contribution in [3.8, 4) is 11.5 Å². The van der Waals surface area contributed by atoms with Gasteiger partial charge in [0, 0.05) is 10.0 Å². The number of aromatic hydroxyl groups is 2. The average Bonchev–Trinajstić information content (AvgIpc) is 3.05. The Bertz CT molecular complexity index is 2170. The van der Waals surface area contributed by atoms with Crippen LogP contribution in [-0.4, -0.2) is 21.6 Å². The largest absolute Gasteiger partial charge is 0.506 e. The number of rotatable bonds is 8. The van der Waals surface area contributed by atoms with E-state index < -0.39 is 11.3 Å². The molecule has 0 atom stereocenters. The van der Waals surface area contributed by atoms with Crippen molar-refractivity contribution >= 4 is 67.9 Å². The van der Waals surface area contributed by atoms with Gasteiger partial charge >= 0.3 is 11.3 Å². The molecule has 2 heterocycles. The SMILES string of the molecule is C/C(=N\Nc1ccc(Cl)cc1)c1c(O)c2cc(Cc3ccc4oc(=O)c(/C(C)=N/Nc5ccc(Cl)cc5)c(O)c4c3)ccc2oc1=O. The summed E-state index contributed by atoms with van der Waals surface area (Å²) in [4.78, 5) is 25.6. The van der Waals surface area contributed by atoms with Gasteiger partial charge in [0.05, 0.1) is 33.6 Å². The maximum atomic E-state index is 12.8. The number of fused-ring (bicyclic) bond motifs is 2. The van der Waals surface area contributed by atoms with E-state index >= 15 is 0 Å². The molecule has 0 aliphatic heterocycles. The Hall–Kier alpha value is -5.58. The second kappa shape index (κ2) is 13.0. The minimum atomic E-state index is -0.730. The number of hydrazone groups is 2. The molecule has 2 aromatic heterocycles. The summed E-state index contributed by atoms with van der Waals surface area (Å²) in [6.45, 7) is 3.16.